The van der Waals surface area contributed by atoms with Crippen LogP contribution in [0.2, 0.25) is 0 Å². The van der Waals surface area contributed by atoms with Crippen LogP contribution in [-0.2, 0) is 0 Å². The van der Waals surface area contributed by atoms with Crippen LogP contribution in [0, 0.1) is 6.92 Å². The summed E-state index contributed by atoms with van der Waals surface area (Å²) in [6, 6.07) is 10.5. The number of aromatic nitrogens is 1. The Morgan fingerprint density at radius 3 is 2.41 bits per heavy atom. The summed E-state index contributed by atoms with van der Waals surface area (Å²) >= 11 is 0. The Morgan fingerprint density at radius 2 is 1.78 bits per heavy atom. The van der Waals surface area contributed by atoms with E-state index in [1.54, 1.807) is 30.3 Å². The fraction of sp³-hybridized carbons (Fsp3) is 0.150. The van der Waals surface area contributed by atoms with E-state index in [2.05, 4.69) is 10.3 Å². The third-order valence-electron chi connectivity index (χ3n) is 4.16. The highest BCUT2D eigenvalue weighted by Gasteiger charge is 2.19. The van der Waals surface area contributed by atoms with Crippen LogP contribution >= 0.6 is 0 Å². The number of amides is 2. The highest BCUT2D eigenvalue weighted by atomic mass is 16.5. The van der Waals surface area contributed by atoms with Crippen molar-refractivity contribution in [3.63, 3.8) is 0 Å². The summed E-state index contributed by atoms with van der Waals surface area (Å²) in [5, 5.41) is 3.31. The van der Waals surface area contributed by atoms with Gasteiger partial charge >= 0.3 is 0 Å². The lowest BCUT2D eigenvalue weighted by atomic mass is 10.1. The Hall–Kier alpha value is -3.61. The monoisotopic (exact) mass is 365 g/mol. The lowest BCUT2D eigenvalue weighted by molar-refractivity contribution is 0.100. The van der Waals surface area contributed by atoms with Crippen LogP contribution in [0.5, 0.6) is 11.5 Å². The Kier molecular flexibility index (Phi) is 4.94. The second-order valence-electron chi connectivity index (χ2n) is 5.96. The summed E-state index contributed by atoms with van der Waals surface area (Å²) < 4.78 is 10.6. The van der Waals surface area contributed by atoms with Gasteiger partial charge in [-0.05, 0) is 25.1 Å². The van der Waals surface area contributed by atoms with E-state index < -0.39 is 5.91 Å². The van der Waals surface area contributed by atoms with Gasteiger partial charge in [0.05, 0.1) is 31.0 Å². The zero-order valence-electron chi connectivity index (χ0n) is 15.2. The van der Waals surface area contributed by atoms with Crippen molar-refractivity contribution in [1.29, 1.82) is 0 Å². The third kappa shape index (κ3) is 3.52. The van der Waals surface area contributed by atoms with E-state index in [0.717, 1.165) is 5.56 Å². The van der Waals surface area contributed by atoms with Crippen molar-refractivity contribution in [2.45, 2.75) is 6.92 Å². The summed E-state index contributed by atoms with van der Waals surface area (Å²) in [6.07, 6.45) is 1.34. The van der Waals surface area contributed by atoms with Gasteiger partial charge in [-0.3, -0.25) is 14.6 Å². The van der Waals surface area contributed by atoms with Crippen LogP contribution < -0.4 is 20.5 Å². The molecule has 0 aliphatic heterocycles. The molecule has 7 heteroatoms. The Morgan fingerprint density at radius 1 is 1.07 bits per heavy atom. The van der Waals surface area contributed by atoms with Gasteiger partial charge in [0.1, 0.15) is 0 Å². The number of primary amides is 1. The maximum atomic E-state index is 12.7. The molecule has 0 bridgehead atoms. The van der Waals surface area contributed by atoms with Gasteiger partial charge in [-0.1, -0.05) is 17.7 Å². The molecular weight excluding hydrogens is 346 g/mol. The summed E-state index contributed by atoms with van der Waals surface area (Å²) in [7, 11) is 3.02. The zero-order valence-corrected chi connectivity index (χ0v) is 15.2. The molecule has 0 radical (unpaired) electrons. The molecule has 0 aliphatic carbocycles. The predicted octanol–water partition coefficient (Wildman–Crippen LogP) is 2.91. The van der Waals surface area contributed by atoms with E-state index in [0.29, 0.717) is 28.0 Å². The number of aryl methyl sites for hydroxylation is 1. The van der Waals surface area contributed by atoms with Crippen molar-refractivity contribution in [2.75, 3.05) is 19.5 Å². The van der Waals surface area contributed by atoms with Gasteiger partial charge in [0, 0.05) is 23.2 Å². The maximum Gasteiger partial charge on any atom is 0.255 e. The molecule has 0 aliphatic rings. The summed E-state index contributed by atoms with van der Waals surface area (Å²) in [5.41, 5.74) is 7.81. The van der Waals surface area contributed by atoms with Gasteiger partial charge in [0.25, 0.3) is 11.8 Å². The molecular formula is C20H19N3O4. The number of nitrogens with one attached hydrogen (secondary N) is 1. The van der Waals surface area contributed by atoms with Crippen LogP contribution in [0.25, 0.3) is 10.9 Å². The number of pyridine rings is 1. The molecule has 2 aromatic carbocycles. The van der Waals surface area contributed by atoms with E-state index in [9.17, 15) is 9.59 Å². The molecule has 27 heavy (non-hydrogen) atoms. The largest absolute Gasteiger partial charge is 0.493 e. The first-order chi connectivity index (χ1) is 12.9. The number of fused-ring (bicyclic) bond motifs is 1. The Balaban J connectivity index is 2.17. The second-order valence-corrected chi connectivity index (χ2v) is 5.96. The number of methoxy groups -OCH3 is 2. The average molecular weight is 365 g/mol. The standard InChI is InChI=1S/C20H19N3O4/c1-11-5-4-6-12(7-11)20(25)23-18-13-8-16(26-2)17(27-3)9-15(13)22-10-14(18)19(21)24/h4-10H,1-3H3,(H2,21,24)(H,22,23,25). The minimum Gasteiger partial charge on any atom is -0.493 e. The molecule has 1 aromatic heterocycles. The lowest BCUT2D eigenvalue weighted by Gasteiger charge is -2.15. The quantitative estimate of drug-likeness (QED) is 0.723. The van der Waals surface area contributed by atoms with Gasteiger partial charge in [-0.25, -0.2) is 0 Å². The number of carbonyl (C=O) groups is 2. The topological polar surface area (TPSA) is 104 Å². The molecule has 0 spiro atoms. The number of nitrogens with two attached hydrogens (primary N) is 1. The van der Waals surface area contributed by atoms with E-state index >= 15 is 0 Å². The smallest absolute Gasteiger partial charge is 0.255 e. The molecule has 0 saturated carbocycles. The highest BCUT2D eigenvalue weighted by molar-refractivity contribution is 6.14. The summed E-state index contributed by atoms with van der Waals surface area (Å²) in [6.45, 7) is 1.89. The highest BCUT2D eigenvalue weighted by Crippen LogP contribution is 2.36. The lowest BCUT2D eigenvalue weighted by Crippen LogP contribution is -2.19. The molecule has 0 saturated heterocycles. The molecule has 138 valence electrons. The van der Waals surface area contributed by atoms with Crippen LogP contribution in [-0.4, -0.2) is 31.0 Å². The minimum atomic E-state index is -0.696. The van der Waals surface area contributed by atoms with Gasteiger partial charge in [-0.2, -0.15) is 0 Å². The van der Waals surface area contributed by atoms with Crippen molar-refractivity contribution in [3.05, 3.63) is 59.3 Å². The van der Waals surface area contributed by atoms with Gasteiger partial charge < -0.3 is 20.5 Å². The molecule has 7 nitrogen and oxygen atoms in total. The maximum absolute atomic E-state index is 12.7. The molecule has 3 N–H and O–H groups in total. The number of rotatable bonds is 5. The van der Waals surface area contributed by atoms with Gasteiger partial charge in [-0.15, -0.1) is 0 Å². The predicted molar refractivity (Wildman–Crippen MR) is 102 cm³/mol. The van der Waals surface area contributed by atoms with E-state index in [4.69, 9.17) is 15.2 Å². The van der Waals surface area contributed by atoms with Crippen molar-refractivity contribution in [1.82, 2.24) is 4.98 Å². The first-order valence-electron chi connectivity index (χ1n) is 8.17. The fourth-order valence-electron chi connectivity index (χ4n) is 2.81. The van der Waals surface area contributed by atoms with Crippen molar-refractivity contribution < 1.29 is 19.1 Å². The summed E-state index contributed by atoms with van der Waals surface area (Å²) in [4.78, 5) is 28.9. The number of hydrogen-bond acceptors (Lipinski definition) is 5. The van der Waals surface area contributed by atoms with E-state index in [-0.39, 0.29) is 17.2 Å². The summed E-state index contributed by atoms with van der Waals surface area (Å²) in [5.74, 6) is -0.123. The first kappa shape index (κ1) is 18.2. The molecule has 3 aromatic rings. The zero-order chi connectivity index (χ0) is 19.6. The number of nitrogens with zero attached hydrogens (tertiary/aromatic N) is 1. The molecule has 1 heterocycles. The molecule has 3 rings (SSSR count). The van der Waals surface area contributed by atoms with E-state index in [1.165, 1.54) is 20.4 Å². The van der Waals surface area contributed by atoms with Crippen LogP contribution in [0.3, 0.4) is 0 Å². The van der Waals surface area contributed by atoms with E-state index in [1.807, 2.05) is 13.0 Å². The Labute approximate surface area is 156 Å². The number of hydrogen-bond donors (Lipinski definition) is 2. The first-order valence-corrected chi connectivity index (χ1v) is 8.17. The van der Waals surface area contributed by atoms with Crippen molar-refractivity contribution in [3.8, 4) is 11.5 Å². The number of anilines is 1. The SMILES string of the molecule is COc1cc2ncc(C(N)=O)c(NC(=O)c3cccc(C)c3)c2cc1OC. The molecule has 0 unspecified atom stereocenters. The third-order valence-corrected chi connectivity index (χ3v) is 4.16. The second kappa shape index (κ2) is 7.33. The van der Waals surface area contributed by atoms with Gasteiger partial charge in [0.2, 0.25) is 0 Å². The molecule has 2 amide bonds. The average Bonchev–Trinajstić information content (AvgIpc) is 2.66. The normalized spacial score (nSPS) is 10.5. The number of ether oxygens (including phenoxy) is 2. The number of benzene rings is 2. The number of carbonyl (C=O) groups excluding carboxylic acids is 2. The van der Waals surface area contributed by atoms with Crippen molar-refractivity contribution >= 4 is 28.4 Å². The van der Waals surface area contributed by atoms with Gasteiger partial charge in [0.15, 0.2) is 11.5 Å². The van der Waals surface area contributed by atoms with Crippen LogP contribution in [0.4, 0.5) is 5.69 Å². The van der Waals surface area contributed by atoms with Crippen LogP contribution in [0.15, 0.2) is 42.6 Å². The molecule has 0 atom stereocenters. The van der Waals surface area contributed by atoms with Crippen molar-refractivity contribution in [2.24, 2.45) is 5.73 Å². The Bertz CT molecular complexity index is 1050. The fourth-order valence-corrected chi connectivity index (χ4v) is 2.81. The molecule has 0 fully saturated rings. The van der Waals surface area contributed by atoms with Crippen LogP contribution in [0.1, 0.15) is 26.3 Å². The minimum absolute atomic E-state index is 0.107.